The van der Waals surface area contributed by atoms with E-state index in [-0.39, 0.29) is 0 Å². The van der Waals surface area contributed by atoms with Gasteiger partial charge in [-0.2, -0.15) is 0 Å². The van der Waals surface area contributed by atoms with Gasteiger partial charge in [-0.15, -0.1) is 0 Å². The molecule has 6 aromatic rings. The smallest absolute Gasteiger partial charge is 0.0462 e. The summed E-state index contributed by atoms with van der Waals surface area (Å²) in [4.78, 5) is 2.28. The van der Waals surface area contributed by atoms with E-state index in [1.807, 2.05) is 12.1 Å². The van der Waals surface area contributed by atoms with E-state index in [2.05, 4.69) is 150 Å². The monoisotopic (exact) mass is 507 g/mol. The lowest BCUT2D eigenvalue weighted by Crippen LogP contribution is -2.09. The highest BCUT2D eigenvalue weighted by Gasteiger charge is 2.14. The second-order valence-electron chi connectivity index (χ2n) is 9.15. The summed E-state index contributed by atoms with van der Waals surface area (Å²) in [7, 11) is 0. The molecule has 0 unspecified atom stereocenters. The Hall–Kier alpha value is -4.59. The number of hydrogen-bond donors (Lipinski definition) is 0. The minimum absolute atomic E-state index is 0.742. The Morgan fingerprint density at radius 2 is 0.658 bits per heavy atom. The Morgan fingerprint density at radius 1 is 0.316 bits per heavy atom. The average molecular weight is 508 g/mol. The van der Waals surface area contributed by atoms with E-state index in [9.17, 15) is 0 Å². The van der Waals surface area contributed by atoms with Crippen molar-refractivity contribution in [3.8, 4) is 33.4 Å². The predicted molar refractivity (Wildman–Crippen MR) is 162 cm³/mol. The zero-order valence-corrected chi connectivity index (χ0v) is 21.6. The van der Waals surface area contributed by atoms with Crippen LogP contribution >= 0.6 is 11.6 Å². The maximum atomic E-state index is 6.17. The molecule has 0 saturated heterocycles. The Bertz CT molecular complexity index is 1600. The molecule has 0 amide bonds. The SMILES string of the molecule is Clc1ccc(-c2ccccc2-c2ccccc2-c2ccc(N(c3ccccc3)c3ccccc3)cc2)cc1. The van der Waals surface area contributed by atoms with Gasteiger partial charge in [0.15, 0.2) is 0 Å². The van der Waals surface area contributed by atoms with Gasteiger partial charge in [-0.1, -0.05) is 121 Å². The first kappa shape index (κ1) is 23.8. The maximum Gasteiger partial charge on any atom is 0.0462 e. The van der Waals surface area contributed by atoms with E-state index in [1.54, 1.807) is 0 Å². The molecule has 0 saturated carbocycles. The number of hydrogen-bond acceptors (Lipinski definition) is 1. The molecule has 0 radical (unpaired) electrons. The molecule has 6 aromatic carbocycles. The number of anilines is 3. The molecule has 0 aliphatic heterocycles. The second kappa shape index (κ2) is 10.8. The first-order chi connectivity index (χ1) is 18.8. The molecule has 0 fully saturated rings. The maximum absolute atomic E-state index is 6.17. The van der Waals surface area contributed by atoms with Crippen molar-refractivity contribution in [2.75, 3.05) is 4.90 Å². The zero-order chi connectivity index (χ0) is 25.7. The average Bonchev–Trinajstić information content (AvgIpc) is 2.99. The fourth-order valence-electron chi connectivity index (χ4n) is 4.96. The molecule has 6 rings (SSSR count). The molecule has 0 atom stereocenters. The Balaban J connectivity index is 1.42. The van der Waals surface area contributed by atoms with E-state index in [0.29, 0.717) is 0 Å². The standard InChI is InChI=1S/C36H26ClN/c37-29-23-19-27(20-24-29)33-15-7-9-17-35(33)36-18-10-8-16-34(36)28-21-25-32(26-22-28)38(30-11-3-1-4-12-30)31-13-5-2-6-14-31/h1-26H. The van der Waals surface area contributed by atoms with Crippen molar-refractivity contribution in [2.24, 2.45) is 0 Å². The van der Waals surface area contributed by atoms with Crippen LogP contribution in [0.5, 0.6) is 0 Å². The fraction of sp³-hybridized carbons (Fsp3) is 0. The van der Waals surface area contributed by atoms with Crippen molar-refractivity contribution < 1.29 is 0 Å². The molecule has 0 heterocycles. The van der Waals surface area contributed by atoms with Crippen LogP contribution in [-0.4, -0.2) is 0 Å². The van der Waals surface area contributed by atoms with Gasteiger partial charge in [0, 0.05) is 22.1 Å². The topological polar surface area (TPSA) is 3.24 Å². The zero-order valence-electron chi connectivity index (χ0n) is 20.8. The molecule has 0 N–H and O–H groups in total. The normalized spacial score (nSPS) is 10.8. The summed E-state index contributed by atoms with van der Waals surface area (Å²) in [6.45, 7) is 0. The van der Waals surface area contributed by atoms with Gasteiger partial charge >= 0.3 is 0 Å². The van der Waals surface area contributed by atoms with Crippen LogP contribution in [0.1, 0.15) is 0 Å². The van der Waals surface area contributed by atoms with Crippen LogP contribution < -0.4 is 4.90 Å². The van der Waals surface area contributed by atoms with Gasteiger partial charge in [-0.3, -0.25) is 0 Å². The van der Waals surface area contributed by atoms with Gasteiger partial charge in [-0.25, -0.2) is 0 Å². The van der Waals surface area contributed by atoms with Crippen LogP contribution in [0.2, 0.25) is 5.02 Å². The van der Waals surface area contributed by atoms with Crippen LogP contribution in [0, 0.1) is 0 Å². The summed E-state index contributed by atoms with van der Waals surface area (Å²) >= 11 is 6.17. The van der Waals surface area contributed by atoms with E-state index < -0.39 is 0 Å². The Morgan fingerprint density at radius 3 is 1.11 bits per heavy atom. The van der Waals surface area contributed by atoms with Crippen molar-refractivity contribution in [1.82, 2.24) is 0 Å². The van der Waals surface area contributed by atoms with E-state index >= 15 is 0 Å². The Labute approximate surface area is 229 Å². The van der Waals surface area contributed by atoms with Gasteiger partial charge in [0.1, 0.15) is 0 Å². The minimum atomic E-state index is 0.742. The molecular formula is C36H26ClN. The van der Waals surface area contributed by atoms with Crippen molar-refractivity contribution in [2.45, 2.75) is 0 Å². The van der Waals surface area contributed by atoms with Crippen LogP contribution in [0.4, 0.5) is 17.1 Å². The number of para-hydroxylation sites is 2. The van der Waals surface area contributed by atoms with Gasteiger partial charge in [-0.05, 0) is 81.9 Å². The number of benzene rings is 6. The van der Waals surface area contributed by atoms with Gasteiger partial charge in [0.05, 0.1) is 0 Å². The Kier molecular flexibility index (Phi) is 6.76. The summed E-state index contributed by atoms with van der Waals surface area (Å²) in [6, 6.07) is 55.1. The van der Waals surface area contributed by atoms with Gasteiger partial charge in [0.2, 0.25) is 0 Å². The molecule has 182 valence electrons. The van der Waals surface area contributed by atoms with Crippen molar-refractivity contribution in [1.29, 1.82) is 0 Å². The van der Waals surface area contributed by atoms with Crippen LogP contribution in [-0.2, 0) is 0 Å². The largest absolute Gasteiger partial charge is 0.311 e. The van der Waals surface area contributed by atoms with E-state index in [4.69, 9.17) is 11.6 Å². The van der Waals surface area contributed by atoms with E-state index in [0.717, 1.165) is 27.6 Å². The third-order valence-electron chi connectivity index (χ3n) is 6.76. The van der Waals surface area contributed by atoms with Crippen molar-refractivity contribution in [3.63, 3.8) is 0 Å². The quantitative estimate of drug-likeness (QED) is 0.216. The third-order valence-corrected chi connectivity index (χ3v) is 7.02. The molecule has 38 heavy (non-hydrogen) atoms. The van der Waals surface area contributed by atoms with Gasteiger partial charge in [0.25, 0.3) is 0 Å². The second-order valence-corrected chi connectivity index (χ2v) is 9.59. The predicted octanol–water partition coefficient (Wildman–Crippen LogP) is 10.8. The number of rotatable bonds is 6. The first-order valence-electron chi connectivity index (χ1n) is 12.7. The third kappa shape index (κ3) is 4.85. The summed E-state index contributed by atoms with van der Waals surface area (Å²) in [5.74, 6) is 0. The molecular weight excluding hydrogens is 482 g/mol. The number of halogens is 1. The molecule has 1 nitrogen and oxygen atoms in total. The van der Waals surface area contributed by atoms with Crippen LogP contribution in [0.15, 0.2) is 158 Å². The van der Waals surface area contributed by atoms with E-state index in [1.165, 1.54) is 27.8 Å². The molecule has 2 heteroatoms. The fourth-order valence-corrected chi connectivity index (χ4v) is 5.09. The highest BCUT2D eigenvalue weighted by molar-refractivity contribution is 6.30. The van der Waals surface area contributed by atoms with Crippen LogP contribution in [0.25, 0.3) is 33.4 Å². The van der Waals surface area contributed by atoms with Crippen molar-refractivity contribution in [3.05, 3.63) is 163 Å². The highest BCUT2D eigenvalue weighted by atomic mass is 35.5. The van der Waals surface area contributed by atoms with Crippen molar-refractivity contribution >= 4 is 28.7 Å². The summed E-state index contributed by atoms with van der Waals surface area (Å²) in [6.07, 6.45) is 0. The number of nitrogens with zero attached hydrogens (tertiary/aromatic N) is 1. The summed E-state index contributed by atoms with van der Waals surface area (Å²) < 4.78 is 0. The van der Waals surface area contributed by atoms with Crippen LogP contribution in [0.3, 0.4) is 0 Å². The highest BCUT2D eigenvalue weighted by Crippen LogP contribution is 2.40. The molecule has 0 aromatic heterocycles. The summed E-state index contributed by atoms with van der Waals surface area (Å²) in [5, 5.41) is 0.742. The molecule has 0 aliphatic carbocycles. The van der Waals surface area contributed by atoms with Gasteiger partial charge < -0.3 is 4.90 Å². The lowest BCUT2D eigenvalue weighted by atomic mass is 9.89. The molecule has 0 bridgehead atoms. The lowest BCUT2D eigenvalue weighted by Gasteiger charge is -2.25. The first-order valence-corrected chi connectivity index (χ1v) is 13.1. The molecule has 0 spiro atoms. The minimum Gasteiger partial charge on any atom is -0.311 e. The molecule has 0 aliphatic rings. The summed E-state index contributed by atoms with van der Waals surface area (Å²) in [5.41, 5.74) is 10.5. The lowest BCUT2D eigenvalue weighted by molar-refractivity contribution is 1.28.